The molecule has 0 spiro atoms. The van der Waals surface area contributed by atoms with Gasteiger partial charge in [-0.3, -0.25) is 19.3 Å². The number of amides is 1. The summed E-state index contributed by atoms with van der Waals surface area (Å²) in [4.78, 5) is 41.3. The van der Waals surface area contributed by atoms with Gasteiger partial charge in [0.2, 0.25) is 0 Å². The van der Waals surface area contributed by atoms with Crippen molar-refractivity contribution >= 4 is 17.8 Å². The van der Waals surface area contributed by atoms with Gasteiger partial charge in [-0.05, 0) is 14.1 Å². The maximum absolute atomic E-state index is 12.1. The molecule has 1 unspecified atom stereocenters. The molecule has 0 radical (unpaired) electrons. The van der Waals surface area contributed by atoms with Crippen LogP contribution in [0.5, 0.6) is 0 Å². The second-order valence-electron chi connectivity index (χ2n) is 4.47. The van der Waals surface area contributed by atoms with Gasteiger partial charge in [-0.1, -0.05) is 0 Å². The molecule has 0 bridgehead atoms. The summed E-state index contributed by atoms with van der Waals surface area (Å²) in [5.41, 5.74) is -2.01. The second kappa shape index (κ2) is 4.21. The Morgan fingerprint density at radius 2 is 2.17 bits per heavy atom. The van der Waals surface area contributed by atoms with E-state index in [1.54, 1.807) is 19.0 Å². The molecule has 2 aliphatic heterocycles. The summed E-state index contributed by atoms with van der Waals surface area (Å²) in [6.07, 6.45) is -0.154. The minimum Gasteiger partial charge on any atom is -0.477 e. The van der Waals surface area contributed by atoms with Crippen molar-refractivity contribution in [2.75, 3.05) is 20.7 Å². The topological polar surface area (TPSA) is 96.4 Å². The van der Waals surface area contributed by atoms with Crippen LogP contribution in [0.4, 0.5) is 0 Å². The van der Waals surface area contributed by atoms with Gasteiger partial charge in [0, 0.05) is 6.42 Å². The Morgan fingerprint density at radius 3 is 2.56 bits per heavy atom. The lowest BCUT2D eigenvalue weighted by molar-refractivity contribution is -0.256. The maximum Gasteiger partial charge on any atom is 0.372 e. The number of carboxylic acids is 1. The number of carbonyl (C=O) groups is 3. The Kier molecular flexibility index (Phi) is 2.99. The van der Waals surface area contributed by atoms with E-state index in [1.165, 1.54) is 0 Å². The standard InChI is InChI=1S/C10H14N2O6/c1-11(2)6-5-17-12(8(6)14)10(9(15)16)4-3-7(13)18-10/h6H,3-5H2,1-2H3,(H,15,16)/t6-,10?/m0/s1. The van der Waals surface area contributed by atoms with Crippen LogP contribution in [-0.4, -0.2) is 65.4 Å². The van der Waals surface area contributed by atoms with Gasteiger partial charge in [0.25, 0.3) is 5.91 Å². The van der Waals surface area contributed by atoms with E-state index in [2.05, 4.69) is 0 Å². The van der Waals surface area contributed by atoms with Crippen molar-refractivity contribution in [1.82, 2.24) is 9.96 Å². The van der Waals surface area contributed by atoms with Gasteiger partial charge in [0.1, 0.15) is 6.04 Å². The zero-order valence-electron chi connectivity index (χ0n) is 10.1. The van der Waals surface area contributed by atoms with Crippen LogP contribution < -0.4 is 0 Å². The molecule has 18 heavy (non-hydrogen) atoms. The minimum absolute atomic E-state index is 0.0401. The molecule has 2 heterocycles. The smallest absolute Gasteiger partial charge is 0.372 e. The van der Waals surface area contributed by atoms with Gasteiger partial charge in [-0.2, -0.15) is 5.06 Å². The third-order valence-corrected chi connectivity index (χ3v) is 3.08. The van der Waals surface area contributed by atoms with Crippen LogP contribution in [0.3, 0.4) is 0 Å². The summed E-state index contributed by atoms with van der Waals surface area (Å²) in [6.45, 7) is 0.0401. The van der Waals surface area contributed by atoms with Gasteiger partial charge in [-0.25, -0.2) is 4.79 Å². The Hall–Kier alpha value is -1.67. The average molecular weight is 258 g/mol. The number of hydroxylamine groups is 2. The number of carbonyl (C=O) groups excluding carboxylic acids is 2. The molecule has 0 aliphatic carbocycles. The van der Waals surface area contributed by atoms with E-state index in [4.69, 9.17) is 9.57 Å². The lowest BCUT2D eigenvalue weighted by Gasteiger charge is -2.30. The molecule has 1 amide bonds. The highest BCUT2D eigenvalue weighted by Crippen LogP contribution is 2.34. The molecule has 2 rings (SSSR count). The summed E-state index contributed by atoms with van der Waals surface area (Å²) in [5.74, 6) is -2.57. The van der Waals surface area contributed by atoms with Gasteiger partial charge in [0.05, 0.1) is 13.0 Å². The molecule has 2 fully saturated rings. The number of hydrogen-bond acceptors (Lipinski definition) is 6. The van der Waals surface area contributed by atoms with E-state index < -0.39 is 29.6 Å². The average Bonchev–Trinajstić information content (AvgIpc) is 2.82. The van der Waals surface area contributed by atoms with Crippen LogP contribution in [0.2, 0.25) is 0 Å². The first kappa shape index (κ1) is 12.8. The first-order valence-corrected chi connectivity index (χ1v) is 5.47. The predicted molar refractivity (Wildman–Crippen MR) is 56.0 cm³/mol. The number of esters is 1. The molecule has 0 saturated carbocycles. The van der Waals surface area contributed by atoms with E-state index in [-0.39, 0.29) is 19.4 Å². The van der Waals surface area contributed by atoms with Crippen molar-refractivity contribution in [1.29, 1.82) is 0 Å². The number of aliphatic carboxylic acids is 1. The number of rotatable bonds is 3. The molecule has 0 aromatic carbocycles. The lowest BCUT2D eigenvalue weighted by Crippen LogP contribution is -2.56. The number of cyclic esters (lactones) is 1. The molecular weight excluding hydrogens is 244 g/mol. The van der Waals surface area contributed by atoms with Gasteiger partial charge >= 0.3 is 17.7 Å². The summed E-state index contributed by atoms with van der Waals surface area (Å²) in [7, 11) is 3.37. The third kappa shape index (κ3) is 1.73. The second-order valence-corrected chi connectivity index (χ2v) is 4.47. The fourth-order valence-electron chi connectivity index (χ4n) is 2.01. The minimum atomic E-state index is -2.01. The van der Waals surface area contributed by atoms with E-state index in [1.807, 2.05) is 0 Å². The molecule has 8 nitrogen and oxygen atoms in total. The number of carboxylic acid groups (broad SMARTS) is 1. The number of ether oxygens (including phenoxy) is 1. The highest BCUT2D eigenvalue weighted by Gasteiger charge is 2.59. The molecular formula is C10H14N2O6. The zero-order chi connectivity index (χ0) is 13.5. The molecule has 100 valence electrons. The monoisotopic (exact) mass is 258 g/mol. The highest BCUT2D eigenvalue weighted by molar-refractivity contribution is 5.92. The Labute approximate surface area is 103 Å². The molecule has 2 aliphatic rings. The number of likely N-dealkylation sites (N-methyl/N-ethyl adjacent to an activating group) is 1. The number of hydrogen-bond donors (Lipinski definition) is 1. The Bertz CT molecular complexity index is 409. The van der Waals surface area contributed by atoms with Gasteiger partial charge in [0.15, 0.2) is 0 Å². The van der Waals surface area contributed by atoms with Crippen molar-refractivity contribution in [2.45, 2.75) is 24.6 Å². The lowest BCUT2D eigenvalue weighted by atomic mass is 10.1. The molecule has 0 aromatic heterocycles. The first-order valence-electron chi connectivity index (χ1n) is 5.47. The van der Waals surface area contributed by atoms with E-state index in [0.29, 0.717) is 5.06 Å². The largest absolute Gasteiger partial charge is 0.477 e. The van der Waals surface area contributed by atoms with Gasteiger partial charge in [-0.15, -0.1) is 0 Å². The highest BCUT2D eigenvalue weighted by atomic mass is 16.7. The van der Waals surface area contributed by atoms with Gasteiger partial charge < -0.3 is 9.84 Å². The van der Waals surface area contributed by atoms with E-state index >= 15 is 0 Å². The maximum atomic E-state index is 12.1. The van der Waals surface area contributed by atoms with E-state index in [9.17, 15) is 19.5 Å². The summed E-state index contributed by atoms with van der Waals surface area (Å²) >= 11 is 0. The number of nitrogens with zero attached hydrogens (tertiary/aromatic N) is 2. The first-order chi connectivity index (χ1) is 8.38. The Balaban J connectivity index is 2.27. The van der Waals surface area contributed by atoms with Crippen LogP contribution in [0.1, 0.15) is 12.8 Å². The van der Waals surface area contributed by atoms with Crippen molar-refractivity contribution in [3.8, 4) is 0 Å². The zero-order valence-corrected chi connectivity index (χ0v) is 10.1. The van der Waals surface area contributed by atoms with Crippen molar-refractivity contribution in [2.24, 2.45) is 0 Å². The molecule has 0 aromatic rings. The molecule has 2 saturated heterocycles. The third-order valence-electron chi connectivity index (χ3n) is 3.08. The fourth-order valence-corrected chi connectivity index (χ4v) is 2.01. The quantitative estimate of drug-likeness (QED) is 0.635. The molecule has 1 N–H and O–H groups in total. The van der Waals surface area contributed by atoms with Crippen LogP contribution >= 0.6 is 0 Å². The van der Waals surface area contributed by atoms with Crippen LogP contribution in [-0.2, 0) is 24.0 Å². The fraction of sp³-hybridized carbons (Fsp3) is 0.700. The predicted octanol–water partition coefficient (Wildman–Crippen LogP) is -1.19. The van der Waals surface area contributed by atoms with Crippen LogP contribution in [0, 0.1) is 0 Å². The van der Waals surface area contributed by atoms with Crippen LogP contribution in [0.25, 0.3) is 0 Å². The van der Waals surface area contributed by atoms with E-state index in [0.717, 1.165) is 0 Å². The SMILES string of the molecule is CN(C)[C@H]1CON(C2(C(=O)O)CCC(=O)O2)C1=O. The summed E-state index contributed by atoms with van der Waals surface area (Å²) in [5, 5.41) is 9.91. The van der Waals surface area contributed by atoms with Crippen LogP contribution in [0.15, 0.2) is 0 Å². The molecule has 8 heteroatoms. The Morgan fingerprint density at radius 1 is 1.50 bits per heavy atom. The van der Waals surface area contributed by atoms with Crippen molar-refractivity contribution < 1.29 is 29.1 Å². The molecule has 2 atom stereocenters. The van der Waals surface area contributed by atoms with Crippen molar-refractivity contribution in [3.05, 3.63) is 0 Å². The summed E-state index contributed by atoms with van der Waals surface area (Å²) < 4.78 is 4.82. The van der Waals surface area contributed by atoms with Crippen molar-refractivity contribution in [3.63, 3.8) is 0 Å². The normalized spacial score (nSPS) is 32.2. The summed E-state index contributed by atoms with van der Waals surface area (Å²) in [6, 6.07) is -0.569.